The molecule has 178 valence electrons. The second-order valence-electron chi connectivity index (χ2n) is 9.16. The number of likely N-dealkylation sites (tertiary alicyclic amines) is 1. The van der Waals surface area contributed by atoms with Crippen molar-refractivity contribution in [2.45, 2.75) is 24.8 Å². The van der Waals surface area contributed by atoms with Crippen molar-refractivity contribution in [1.82, 2.24) is 14.5 Å². The lowest BCUT2D eigenvalue weighted by molar-refractivity contribution is -0.139. The van der Waals surface area contributed by atoms with Crippen LogP contribution < -0.4 is 5.56 Å². The van der Waals surface area contributed by atoms with Crippen LogP contribution in [0.3, 0.4) is 0 Å². The molecule has 0 bridgehead atoms. The quantitative estimate of drug-likeness (QED) is 0.457. The summed E-state index contributed by atoms with van der Waals surface area (Å²) < 4.78 is 16.0. The molecule has 5 rings (SSSR count). The Bertz CT molecular complexity index is 1430. The molecule has 0 amide bonds. The van der Waals surface area contributed by atoms with Crippen LogP contribution in [-0.4, -0.2) is 45.7 Å². The van der Waals surface area contributed by atoms with Crippen molar-refractivity contribution in [3.8, 4) is 11.1 Å². The van der Waals surface area contributed by atoms with Crippen LogP contribution in [0.2, 0.25) is 0 Å². The summed E-state index contributed by atoms with van der Waals surface area (Å²) in [6, 6.07) is 18.2. The number of halogens is 1. The van der Waals surface area contributed by atoms with Crippen LogP contribution in [0.15, 0.2) is 77.9 Å². The van der Waals surface area contributed by atoms with E-state index in [0.717, 1.165) is 42.4 Å². The lowest BCUT2D eigenvalue weighted by atomic mass is 9.88. The van der Waals surface area contributed by atoms with Gasteiger partial charge in [0.05, 0.1) is 11.7 Å². The molecule has 1 fully saturated rings. The van der Waals surface area contributed by atoms with E-state index in [1.54, 1.807) is 36.4 Å². The van der Waals surface area contributed by atoms with E-state index in [9.17, 15) is 14.7 Å². The van der Waals surface area contributed by atoms with Gasteiger partial charge in [0.15, 0.2) is 6.04 Å². The van der Waals surface area contributed by atoms with Crippen LogP contribution in [0.1, 0.15) is 35.9 Å². The zero-order valence-electron chi connectivity index (χ0n) is 19.4. The van der Waals surface area contributed by atoms with Gasteiger partial charge in [0.2, 0.25) is 0 Å². The number of nitrogens with zero attached hydrogens (tertiary/aromatic N) is 3. The molecule has 35 heavy (non-hydrogen) atoms. The lowest BCUT2D eigenvalue weighted by Gasteiger charge is -2.29. The number of benzene rings is 3. The standard InChI is InChI=1S/C28H26FN3O3/c1-31-13-11-20(12-14-31)18-7-9-19(10-8-18)22-15-23-25(24(29)16-22)30-17-32(27(23)33)26(28(34)35)21-5-3-2-4-6-21/h2-10,15-17,20,26H,11-14H2,1H3,(H,34,35). The number of aliphatic carboxylic acids is 1. The van der Waals surface area contributed by atoms with Gasteiger partial charge in [-0.2, -0.15) is 0 Å². The number of fused-ring (bicyclic) bond motifs is 1. The molecule has 1 atom stereocenters. The molecule has 0 aliphatic carbocycles. The van der Waals surface area contributed by atoms with E-state index in [1.807, 2.05) is 12.1 Å². The van der Waals surface area contributed by atoms with Gasteiger partial charge in [-0.25, -0.2) is 14.2 Å². The van der Waals surface area contributed by atoms with E-state index in [1.165, 1.54) is 11.6 Å². The fourth-order valence-electron chi connectivity index (χ4n) is 4.90. The monoisotopic (exact) mass is 471 g/mol. The molecule has 7 heteroatoms. The predicted molar refractivity (Wildman–Crippen MR) is 133 cm³/mol. The summed E-state index contributed by atoms with van der Waals surface area (Å²) >= 11 is 0. The molecule has 3 aromatic carbocycles. The number of rotatable bonds is 5. The summed E-state index contributed by atoms with van der Waals surface area (Å²) in [5, 5.41) is 9.89. The molecule has 0 radical (unpaired) electrons. The van der Waals surface area contributed by atoms with Crippen molar-refractivity contribution in [2.75, 3.05) is 20.1 Å². The van der Waals surface area contributed by atoms with Gasteiger partial charge in [-0.05, 0) is 73.3 Å². The first-order chi connectivity index (χ1) is 16.9. The Labute approximate surface area is 202 Å². The molecule has 1 aromatic heterocycles. The van der Waals surface area contributed by atoms with Gasteiger partial charge < -0.3 is 10.0 Å². The highest BCUT2D eigenvalue weighted by molar-refractivity contribution is 5.85. The maximum Gasteiger partial charge on any atom is 0.331 e. The Hall–Kier alpha value is -3.84. The number of hydrogen-bond acceptors (Lipinski definition) is 4. The summed E-state index contributed by atoms with van der Waals surface area (Å²) in [5.41, 5.74) is 2.36. The zero-order valence-corrected chi connectivity index (χ0v) is 19.4. The van der Waals surface area contributed by atoms with Crippen molar-refractivity contribution in [1.29, 1.82) is 0 Å². The van der Waals surface area contributed by atoms with Crippen molar-refractivity contribution in [3.05, 3.63) is 100 Å². The highest BCUT2D eigenvalue weighted by Crippen LogP contribution is 2.31. The first kappa shape index (κ1) is 22.9. The maximum absolute atomic E-state index is 15.0. The van der Waals surface area contributed by atoms with E-state index in [-0.39, 0.29) is 10.9 Å². The molecule has 2 heterocycles. The van der Waals surface area contributed by atoms with Gasteiger partial charge >= 0.3 is 5.97 Å². The second-order valence-corrected chi connectivity index (χ2v) is 9.16. The molecule has 0 spiro atoms. The predicted octanol–water partition coefficient (Wildman–Crippen LogP) is 4.69. The van der Waals surface area contributed by atoms with Gasteiger partial charge in [-0.1, -0.05) is 54.6 Å². The van der Waals surface area contributed by atoms with Gasteiger partial charge in [0.1, 0.15) is 11.3 Å². The van der Waals surface area contributed by atoms with Gasteiger partial charge in [-0.15, -0.1) is 0 Å². The fourth-order valence-corrected chi connectivity index (χ4v) is 4.90. The van der Waals surface area contributed by atoms with Gasteiger partial charge in [-0.3, -0.25) is 9.36 Å². The van der Waals surface area contributed by atoms with Crippen molar-refractivity contribution in [3.63, 3.8) is 0 Å². The minimum Gasteiger partial charge on any atom is -0.479 e. The van der Waals surface area contributed by atoms with Gasteiger partial charge in [0.25, 0.3) is 5.56 Å². The minimum atomic E-state index is -1.26. The van der Waals surface area contributed by atoms with Crippen LogP contribution >= 0.6 is 0 Å². The van der Waals surface area contributed by atoms with E-state index in [2.05, 4.69) is 29.1 Å². The average Bonchev–Trinajstić information content (AvgIpc) is 2.87. The molecule has 1 unspecified atom stereocenters. The van der Waals surface area contributed by atoms with Crippen LogP contribution in [0.25, 0.3) is 22.0 Å². The Morgan fingerprint density at radius 3 is 2.37 bits per heavy atom. The molecule has 1 N–H and O–H groups in total. The maximum atomic E-state index is 15.0. The first-order valence-corrected chi connectivity index (χ1v) is 11.7. The average molecular weight is 472 g/mol. The number of carbonyl (C=O) groups is 1. The number of carboxylic acids is 1. The van der Waals surface area contributed by atoms with Crippen molar-refractivity contribution in [2.24, 2.45) is 0 Å². The zero-order chi connectivity index (χ0) is 24.5. The van der Waals surface area contributed by atoms with E-state index < -0.39 is 23.4 Å². The molecule has 6 nitrogen and oxygen atoms in total. The summed E-state index contributed by atoms with van der Waals surface area (Å²) in [4.78, 5) is 31.9. The second kappa shape index (κ2) is 9.43. The van der Waals surface area contributed by atoms with Crippen LogP contribution in [0, 0.1) is 5.82 Å². The molecule has 0 saturated carbocycles. The van der Waals surface area contributed by atoms with Crippen LogP contribution in [0.5, 0.6) is 0 Å². The van der Waals surface area contributed by atoms with E-state index in [0.29, 0.717) is 17.0 Å². The first-order valence-electron chi connectivity index (χ1n) is 11.7. The molecule has 1 aliphatic heterocycles. The molecule has 4 aromatic rings. The number of aromatic nitrogens is 2. The molecule has 1 saturated heterocycles. The van der Waals surface area contributed by atoms with E-state index >= 15 is 4.39 Å². The Morgan fingerprint density at radius 1 is 1.03 bits per heavy atom. The third kappa shape index (κ3) is 4.47. The fraction of sp³-hybridized carbons (Fsp3) is 0.250. The van der Waals surface area contributed by atoms with Crippen molar-refractivity contribution < 1.29 is 14.3 Å². The Balaban J connectivity index is 1.54. The largest absolute Gasteiger partial charge is 0.479 e. The SMILES string of the molecule is CN1CCC(c2ccc(-c3cc(F)c4ncn(C(C(=O)O)c5ccccc5)c(=O)c4c3)cc2)CC1. The third-order valence-electron chi connectivity index (χ3n) is 6.90. The summed E-state index contributed by atoms with van der Waals surface area (Å²) in [5.74, 6) is -1.30. The number of hydrogen-bond donors (Lipinski definition) is 1. The van der Waals surface area contributed by atoms with E-state index in [4.69, 9.17) is 0 Å². The van der Waals surface area contributed by atoms with Gasteiger partial charge in [0, 0.05) is 0 Å². The Morgan fingerprint density at radius 2 is 1.71 bits per heavy atom. The lowest BCUT2D eigenvalue weighted by Crippen LogP contribution is -2.31. The number of carboxylic acid groups (broad SMARTS) is 1. The highest BCUT2D eigenvalue weighted by Gasteiger charge is 2.25. The number of piperidine rings is 1. The van der Waals surface area contributed by atoms with Crippen molar-refractivity contribution >= 4 is 16.9 Å². The molecular weight excluding hydrogens is 445 g/mol. The van der Waals surface area contributed by atoms with Crippen LogP contribution in [0.4, 0.5) is 4.39 Å². The minimum absolute atomic E-state index is 0.0454. The highest BCUT2D eigenvalue weighted by atomic mass is 19.1. The summed E-state index contributed by atoms with van der Waals surface area (Å²) in [7, 11) is 2.13. The smallest absolute Gasteiger partial charge is 0.331 e. The topological polar surface area (TPSA) is 75.4 Å². The Kier molecular flexibility index (Phi) is 6.17. The summed E-state index contributed by atoms with van der Waals surface area (Å²) in [6.07, 6.45) is 3.32. The van der Waals surface area contributed by atoms with Crippen LogP contribution in [-0.2, 0) is 4.79 Å². The normalized spacial score (nSPS) is 15.8. The molecule has 1 aliphatic rings. The molecular formula is C28H26FN3O3. The summed E-state index contributed by atoms with van der Waals surface area (Å²) in [6.45, 7) is 2.14. The third-order valence-corrected chi connectivity index (χ3v) is 6.90.